The van der Waals surface area contributed by atoms with Crippen LogP contribution in [0.2, 0.25) is 0 Å². The number of rotatable bonds is 8. The van der Waals surface area contributed by atoms with Crippen molar-refractivity contribution in [1.82, 2.24) is 14.7 Å². The molecular weight excluding hydrogens is 489 g/mol. The van der Waals surface area contributed by atoms with Crippen molar-refractivity contribution in [1.29, 1.82) is 0 Å². The van der Waals surface area contributed by atoms with E-state index in [1.807, 2.05) is 6.07 Å². The molecule has 38 heavy (non-hydrogen) atoms. The van der Waals surface area contributed by atoms with Gasteiger partial charge in [-0.15, -0.1) is 0 Å². The number of carbonyl (C=O) groups excluding carboxylic acids is 3. The van der Waals surface area contributed by atoms with Crippen molar-refractivity contribution in [3.63, 3.8) is 0 Å². The summed E-state index contributed by atoms with van der Waals surface area (Å²) in [6.45, 7) is 1.32. The smallest absolute Gasteiger partial charge is 0.260 e. The van der Waals surface area contributed by atoms with Gasteiger partial charge in [0.1, 0.15) is 11.8 Å². The molecule has 206 valence electrons. The lowest BCUT2D eigenvalue weighted by atomic mass is 10.0. The van der Waals surface area contributed by atoms with Gasteiger partial charge in [0.15, 0.2) is 18.2 Å². The number of hydrogen-bond acceptors (Lipinski definition) is 5. The summed E-state index contributed by atoms with van der Waals surface area (Å²) in [6, 6.07) is 12.4. The first-order chi connectivity index (χ1) is 18.3. The van der Waals surface area contributed by atoms with E-state index < -0.39 is 11.9 Å². The lowest BCUT2D eigenvalue weighted by molar-refractivity contribution is -0.135. The van der Waals surface area contributed by atoms with Crippen LogP contribution in [-0.4, -0.2) is 85.9 Å². The first kappa shape index (κ1) is 28.9. The highest BCUT2D eigenvalue weighted by atomic mass is 19.1. The average molecular weight is 528 g/mol. The lowest BCUT2D eigenvalue weighted by Crippen LogP contribution is -2.48. The second-order valence-corrected chi connectivity index (χ2v) is 9.63. The van der Waals surface area contributed by atoms with Crippen LogP contribution in [0.3, 0.4) is 0 Å². The molecule has 0 fully saturated rings. The Balaban J connectivity index is 1.60. The van der Waals surface area contributed by atoms with Crippen molar-refractivity contribution in [2.75, 3.05) is 47.4 Å². The SMILES string of the molecule is CN(CCCC[C@H]1C(=O)N(C)CCCCCOc2ccccc2C(=O)N1C)C(=O)COc1ccccc1F. The minimum Gasteiger partial charge on any atom is -0.493 e. The molecule has 0 N–H and O–H groups in total. The van der Waals surface area contributed by atoms with E-state index in [0.29, 0.717) is 50.3 Å². The summed E-state index contributed by atoms with van der Waals surface area (Å²) >= 11 is 0. The molecule has 0 bridgehead atoms. The topological polar surface area (TPSA) is 79.4 Å². The van der Waals surface area contributed by atoms with Gasteiger partial charge in [0.25, 0.3) is 11.8 Å². The number of nitrogens with zero attached hydrogens (tertiary/aromatic N) is 3. The molecule has 1 aliphatic heterocycles. The molecule has 0 radical (unpaired) electrons. The molecule has 2 aromatic carbocycles. The maximum atomic E-state index is 13.7. The predicted octanol–water partition coefficient (Wildman–Crippen LogP) is 4.00. The van der Waals surface area contributed by atoms with E-state index in [4.69, 9.17) is 9.47 Å². The zero-order valence-corrected chi connectivity index (χ0v) is 22.5. The number of hydrogen-bond donors (Lipinski definition) is 0. The quantitative estimate of drug-likeness (QED) is 0.485. The van der Waals surface area contributed by atoms with Gasteiger partial charge in [-0.05, 0) is 62.8 Å². The Morgan fingerprint density at radius 1 is 1.05 bits per heavy atom. The third-order valence-corrected chi connectivity index (χ3v) is 6.80. The summed E-state index contributed by atoms with van der Waals surface area (Å²) in [7, 11) is 5.10. The maximum absolute atomic E-state index is 13.7. The second-order valence-electron chi connectivity index (χ2n) is 9.63. The molecule has 0 spiro atoms. The second kappa shape index (κ2) is 14.4. The Morgan fingerprint density at radius 3 is 2.58 bits per heavy atom. The molecule has 0 aliphatic carbocycles. The third-order valence-electron chi connectivity index (χ3n) is 6.80. The highest BCUT2D eigenvalue weighted by Crippen LogP contribution is 2.23. The zero-order chi connectivity index (χ0) is 27.5. The fraction of sp³-hybridized carbons (Fsp3) is 0.483. The standard InChI is InChI=1S/C29H38FN3O5/c1-31(27(34)21-38-26-17-8-6-14-23(26)30)18-11-9-15-24-29(36)32(2)19-10-4-12-20-37-25-16-7-5-13-22(25)28(35)33(24)3/h5-8,13-14,16-17,24H,4,9-12,15,18-21H2,1-3H3/t24-/m0/s1. The van der Waals surface area contributed by atoms with Crippen LogP contribution in [0.4, 0.5) is 4.39 Å². The van der Waals surface area contributed by atoms with E-state index in [-0.39, 0.29) is 30.1 Å². The van der Waals surface area contributed by atoms with E-state index >= 15 is 0 Å². The first-order valence-corrected chi connectivity index (χ1v) is 13.1. The molecule has 8 nitrogen and oxygen atoms in total. The number of para-hydroxylation sites is 2. The van der Waals surface area contributed by atoms with Crippen LogP contribution in [0.25, 0.3) is 0 Å². The van der Waals surface area contributed by atoms with Crippen molar-refractivity contribution in [2.45, 2.75) is 44.6 Å². The molecule has 9 heteroatoms. The third kappa shape index (κ3) is 7.94. The van der Waals surface area contributed by atoms with Gasteiger partial charge in [-0.25, -0.2) is 4.39 Å². The van der Waals surface area contributed by atoms with Gasteiger partial charge in [-0.3, -0.25) is 14.4 Å². The Labute approximate surface area is 224 Å². The number of fused-ring (bicyclic) bond motifs is 1. The first-order valence-electron chi connectivity index (χ1n) is 13.1. The molecule has 1 heterocycles. The van der Waals surface area contributed by atoms with Crippen LogP contribution in [0.1, 0.15) is 48.9 Å². The molecule has 1 atom stereocenters. The van der Waals surface area contributed by atoms with Gasteiger partial charge >= 0.3 is 0 Å². The minimum atomic E-state index is -0.633. The summed E-state index contributed by atoms with van der Waals surface area (Å²) in [5, 5.41) is 0. The normalized spacial score (nSPS) is 17.0. The zero-order valence-electron chi connectivity index (χ0n) is 22.5. The Kier molecular flexibility index (Phi) is 10.9. The summed E-state index contributed by atoms with van der Waals surface area (Å²) < 4.78 is 24.9. The number of amides is 3. The Morgan fingerprint density at radius 2 is 1.79 bits per heavy atom. The summed E-state index contributed by atoms with van der Waals surface area (Å²) in [4.78, 5) is 44.0. The van der Waals surface area contributed by atoms with Gasteiger partial charge in [0, 0.05) is 34.2 Å². The van der Waals surface area contributed by atoms with E-state index in [1.165, 1.54) is 21.9 Å². The van der Waals surface area contributed by atoms with Crippen LogP contribution >= 0.6 is 0 Å². The van der Waals surface area contributed by atoms with Gasteiger partial charge < -0.3 is 24.2 Å². The van der Waals surface area contributed by atoms with Crippen molar-refractivity contribution in [3.8, 4) is 11.5 Å². The van der Waals surface area contributed by atoms with Crippen molar-refractivity contribution < 1.29 is 28.2 Å². The highest BCUT2D eigenvalue weighted by Gasteiger charge is 2.31. The Hall–Kier alpha value is -3.62. The number of ether oxygens (including phenoxy) is 2. The van der Waals surface area contributed by atoms with Crippen molar-refractivity contribution in [2.24, 2.45) is 0 Å². The van der Waals surface area contributed by atoms with Crippen LogP contribution in [0.15, 0.2) is 48.5 Å². The van der Waals surface area contributed by atoms with Crippen LogP contribution in [0, 0.1) is 5.82 Å². The number of carbonyl (C=O) groups is 3. The molecule has 1 aliphatic rings. The van der Waals surface area contributed by atoms with E-state index in [2.05, 4.69) is 0 Å². The molecule has 3 amide bonds. The molecule has 2 aromatic rings. The number of likely N-dealkylation sites (N-methyl/N-ethyl adjacent to an activating group) is 3. The molecular formula is C29H38FN3O5. The number of benzene rings is 2. The van der Waals surface area contributed by atoms with Gasteiger partial charge in [0.2, 0.25) is 5.91 Å². The highest BCUT2D eigenvalue weighted by molar-refractivity contribution is 5.99. The maximum Gasteiger partial charge on any atom is 0.260 e. The summed E-state index contributed by atoms with van der Waals surface area (Å²) in [5.41, 5.74) is 0.440. The van der Waals surface area contributed by atoms with Gasteiger partial charge in [0.05, 0.1) is 12.2 Å². The summed E-state index contributed by atoms with van der Waals surface area (Å²) in [6.07, 6.45) is 4.36. The van der Waals surface area contributed by atoms with Crippen LogP contribution in [0.5, 0.6) is 11.5 Å². The molecule has 0 aromatic heterocycles. The number of halogens is 1. The monoisotopic (exact) mass is 527 g/mol. The molecule has 3 rings (SSSR count). The fourth-order valence-electron chi connectivity index (χ4n) is 4.38. The van der Waals surface area contributed by atoms with Crippen molar-refractivity contribution in [3.05, 3.63) is 59.9 Å². The van der Waals surface area contributed by atoms with Gasteiger partial charge in [-0.1, -0.05) is 24.3 Å². The van der Waals surface area contributed by atoms with Gasteiger partial charge in [-0.2, -0.15) is 0 Å². The minimum absolute atomic E-state index is 0.0368. The Bertz CT molecular complexity index is 1100. The summed E-state index contributed by atoms with van der Waals surface area (Å²) in [5.74, 6) is -0.575. The van der Waals surface area contributed by atoms with E-state index in [9.17, 15) is 18.8 Å². The van der Waals surface area contributed by atoms with E-state index in [1.54, 1.807) is 56.4 Å². The molecule has 0 unspecified atom stereocenters. The average Bonchev–Trinajstić information content (AvgIpc) is 2.93. The fourth-order valence-corrected chi connectivity index (χ4v) is 4.38. The molecule has 0 saturated carbocycles. The largest absolute Gasteiger partial charge is 0.493 e. The number of unbranched alkanes of at least 4 members (excludes halogenated alkanes) is 1. The van der Waals surface area contributed by atoms with E-state index in [0.717, 1.165) is 19.3 Å². The van der Waals surface area contributed by atoms with Crippen LogP contribution in [-0.2, 0) is 9.59 Å². The van der Waals surface area contributed by atoms with Crippen molar-refractivity contribution >= 4 is 17.7 Å². The lowest BCUT2D eigenvalue weighted by Gasteiger charge is -2.31. The predicted molar refractivity (Wildman–Crippen MR) is 143 cm³/mol. The molecule has 0 saturated heterocycles. The van der Waals surface area contributed by atoms with Crippen LogP contribution < -0.4 is 9.47 Å².